The molecule has 2 bridgehead atoms. The summed E-state index contributed by atoms with van der Waals surface area (Å²) in [6.45, 7) is 2.30. The van der Waals surface area contributed by atoms with Crippen LogP contribution < -0.4 is 4.90 Å². The number of nitro benzene ring substituents is 1. The maximum atomic E-state index is 13.0. The number of hydrogen-bond donors (Lipinski definition) is 1. The number of carbonyl (C=O) groups excluding carboxylic acids is 1. The van der Waals surface area contributed by atoms with Crippen molar-refractivity contribution in [2.24, 2.45) is 23.7 Å². The van der Waals surface area contributed by atoms with E-state index in [1.165, 1.54) is 12.1 Å². The third-order valence-corrected chi connectivity index (χ3v) is 6.05. The second kappa shape index (κ2) is 6.68. The maximum absolute atomic E-state index is 13.0. The van der Waals surface area contributed by atoms with Gasteiger partial charge in [0.05, 0.1) is 16.8 Å². The number of allylic oxidation sites excluding steroid dienone is 2. The van der Waals surface area contributed by atoms with Gasteiger partial charge in [0.2, 0.25) is 5.91 Å². The first-order valence-corrected chi connectivity index (χ1v) is 9.15. The van der Waals surface area contributed by atoms with Crippen molar-refractivity contribution in [3.63, 3.8) is 0 Å². The van der Waals surface area contributed by atoms with Gasteiger partial charge < -0.3 is 14.9 Å². The number of fused-ring (bicyclic) bond motifs is 2. The first kappa shape index (κ1) is 17.5. The zero-order valence-corrected chi connectivity index (χ0v) is 14.7. The van der Waals surface area contributed by atoms with Gasteiger partial charge in [-0.15, -0.1) is 0 Å². The van der Waals surface area contributed by atoms with Crippen LogP contribution in [0, 0.1) is 33.8 Å². The monoisotopic (exact) mass is 371 g/mol. The highest BCUT2D eigenvalue weighted by atomic mass is 16.6. The van der Waals surface area contributed by atoms with Gasteiger partial charge in [-0.2, -0.15) is 0 Å². The van der Waals surface area contributed by atoms with Crippen LogP contribution in [0.4, 0.5) is 11.4 Å². The average molecular weight is 371 g/mol. The number of benzene rings is 1. The van der Waals surface area contributed by atoms with E-state index in [2.05, 4.69) is 4.90 Å². The molecule has 2 fully saturated rings. The Morgan fingerprint density at radius 1 is 1.00 bits per heavy atom. The van der Waals surface area contributed by atoms with Gasteiger partial charge in [-0.3, -0.25) is 19.7 Å². The second-order valence-corrected chi connectivity index (χ2v) is 7.42. The summed E-state index contributed by atoms with van der Waals surface area (Å²) in [5.41, 5.74) is 0.940. The Morgan fingerprint density at radius 3 is 2.15 bits per heavy atom. The van der Waals surface area contributed by atoms with Crippen LogP contribution in [0.2, 0.25) is 0 Å². The van der Waals surface area contributed by atoms with Crippen molar-refractivity contribution in [3.05, 3.63) is 46.5 Å². The van der Waals surface area contributed by atoms with Gasteiger partial charge in [-0.1, -0.05) is 12.2 Å². The molecule has 27 heavy (non-hydrogen) atoms. The number of rotatable bonds is 4. The smallest absolute Gasteiger partial charge is 0.307 e. The summed E-state index contributed by atoms with van der Waals surface area (Å²) >= 11 is 0. The van der Waals surface area contributed by atoms with Gasteiger partial charge in [0.25, 0.3) is 5.69 Å². The standard InChI is InChI=1S/C19H21N3O5/c23-18(16-12-1-2-13(11-12)17(16)19(24)25)21-9-7-20(8-10-21)14-3-5-15(6-4-14)22(26)27/h1-6,12-13,16-17H,7-11H2,(H,24,25)/t12-,13+,16-,17+/m1/s1. The van der Waals surface area contributed by atoms with E-state index in [-0.39, 0.29) is 23.4 Å². The highest BCUT2D eigenvalue weighted by Gasteiger charge is 2.52. The lowest BCUT2D eigenvalue weighted by atomic mass is 9.82. The van der Waals surface area contributed by atoms with E-state index >= 15 is 0 Å². The molecule has 4 atom stereocenters. The molecular weight excluding hydrogens is 350 g/mol. The van der Waals surface area contributed by atoms with Crippen LogP contribution in [0.5, 0.6) is 0 Å². The molecule has 1 aromatic rings. The normalized spacial score (nSPS) is 29.2. The highest BCUT2D eigenvalue weighted by Crippen LogP contribution is 2.48. The molecule has 0 radical (unpaired) electrons. The second-order valence-electron chi connectivity index (χ2n) is 7.42. The van der Waals surface area contributed by atoms with Crippen LogP contribution in [-0.2, 0) is 9.59 Å². The number of hydrogen-bond acceptors (Lipinski definition) is 5. The summed E-state index contributed by atoms with van der Waals surface area (Å²) in [7, 11) is 0. The Balaban J connectivity index is 1.40. The molecule has 1 amide bonds. The van der Waals surface area contributed by atoms with E-state index in [1.807, 2.05) is 12.2 Å². The van der Waals surface area contributed by atoms with Crippen molar-refractivity contribution >= 4 is 23.3 Å². The van der Waals surface area contributed by atoms with E-state index in [1.54, 1.807) is 17.0 Å². The van der Waals surface area contributed by atoms with Crippen molar-refractivity contribution in [2.75, 3.05) is 31.1 Å². The lowest BCUT2D eigenvalue weighted by Crippen LogP contribution is -2.52. The molecule has 1 saturated heterocycles. The van der Waals surface area contributed by atoms with Crippen molar-refractivity contribution in [1.29, 1.82) is 0 Å². The van der Waals surface area contributed by atoms with Crippen LogP contribution >= 0.6 is 0 Å². The van der Waals surface area contributed by atoms with Crippen LogP contribution in [0.15, 0.2) is 36.4 Å². The van der Waals surface area contributed by atoms with E-state index in [0.29, 0.717) is 26.2 Å². The summed E-state index contributed by atoms with van der Waals surface area (Å²) in [4.78, 5) is 38.8. The molecule has 1 aliphatic heterocycles. The summed E-state index contributed by atoms with van der Waals surface area (Å²) < 4.78 is 0. The molecule has 0 spiro atoms. The molecule has 142 valence electrons. The fourth-order valence-corrected chi connectivity index (χ4v) is 4.68. The Kier molecular flexibility index (Phi) is 4.33. The molecule has 0 aromatic heterocycles. The molecular formula is C19H21N3O5. The lowest BCUT2D eigenvalue weighted by molar-refractivity contribution is -0.384. The topological polar surface area (TPSA) is 104 Å². The number of amides is 1. The van der Waals surface area contributed by atoms with Gasteiger partial charge in [-0.05, 0) is 30.4 Å². The van der Waals surface area contributed by atoms with E-state index in [4.69, 9.17) is 0 Å². The number of anilines is 1. The van der Waals surface area contributed by atoms with Crippen molar-refractivity contribution in [2.45, 2.75) is 6.42 Å². The lowest BCUT2D eigenvalue weighted by Gasteiger charge is -2.38. The van der Waals surface area contributed by atoms with Crippen LogP contribution in [-0.4, -0.2) is 53.0 Å². The summed E-state index contributed by atoms with van der Waals surface area (Å²) in [5, 5.41) is 20.3. The van der Waals surface area contributed by atoms with Crippen molar-refractivity contribution in [1.82, 2.24) is 4.90 Å². The number of piperazine rings is 1. The number of aliphatic carboxylic acids is 1. The predicted octanol–water partition coefficient (Wildman–Crippen LogP) is 1.77. The third kappa shape index (κ3) is 3.05. The van der Waals surface area contributed by atoms with Crippen molar-refractivity contribution in [3.8, 4) is 0 Å². The molecule has 1 heterocycles. The first-order chi connectivity index (χ1) is 13.0. The van der Waals surface area contributed by atoms with Crippen LogP contribution in [0.3, 0.4) is 0 Å². The van der Waals surface area contributed by atoms with E-state index in [0.717, 1.165) is 12.1 Å². The van der Waals surface area contributed by atoms with Gasteiger partial charge in [0.15, 0.2) is 0 Å². The zero-order valence-electron chi connectivity index (χ0n) is 14.7. The van der Waals surface area contributed by atoms with Gasteiger partial charge >= 0.3 is 5.97 Å². The molecule has 4 rings (SSSR count). The molecule has 8 nitrogen and oxygen atoms in total. The molecule has 1 N–H and O–H groups in total. The summed E-state index contributed by atoms with van der Waals surface area (Å²) in [6.07, 6.45) is 4.70. The number of nitro groups is 1. The maximum Gasteiger partial charge on any atom is 0.307 e. The largest absolute Gasteiger partial charge is 0.481 e. The number of carboxylic acid groups (broad SMARTS) is 1. The summed E-state index contributed by atoms with van der Waals surface area (Å²) in [6, 6.07) is 6.39. The van der Waals surface area contributed by atoms with Crippen LogP contribution in [0.25, 0.3) is 0 Å². The van der Waals surface area contributed by atoms with Crippen LogP contribution in [0.1, 0.15) is 6.42 Å². The zero-order chi connectivity index (χ0) is 19.1. The number of carbonyl (C=O) groups is 2. The minimum absolute atomic E-state index is 0.0251. The van der Waals surface area contributed by atoms with E-state index < -0.39 is 22.7 Å². The molecule has 1 saturated carbocycles. The number of carboxylic acids is 1. The average Bonchev–Trinajstić information content (AvgIpc) is 3.29. The molecule has 2 aliphatic carbocycles. The number of non-ortho nitro benzene ring substituents is 1. The Bertz CT molecular complexity index is 798. The SMILES string of the molecule is O=C(O)[C@@H]1[C@H](C(=O)N2CCN(c3ccc([N+](=O)[O-])cc3)CC2)[C@@H]2C=C[C@H]1C2. The molecule has 0 unspecified atom stereocenters. The Labute approximate surface area is 156 Å². The Morgan fingerprint density at radius 2 is 1.59 bits per heavy atom. The minimum atomic E-state index is -0.880. The number of nitrogens with zero attached hydrogens (tertiary/aromatic N) is 3. The molecule has 8 heteroatoms. The minimum Gasteiger partial charge on any atom is -0.481 e. The Hall–Kier alpha value is -2.90. The fourth-order valence-electron chi connectivity index (χ4n) is 4.68. The van der Waals surface area contributed by atoms with Gasteiger partial charge in [0.1, 0.15) is 0 Å². The molecule has 1 aromatic carbocycles. The van der Waals surface area contributed by atoms with E-state index in [9.17, 15) is 24.8 Å². The summed E-state index contributed by atoms with van der Waals surface area (Å²) in [5.74, 6) is -1.99. The highest BCUT2D eigenvalue weighted by molar-refractivity contribution is 5.87. The quantitative estimate of drug-likeness (QED) is 0.491. The van der Waals surface area contributed by atoms with Gasteiger partial charge in [-0.25, -0.2) is 0 Å². The molecule has 3 aliphatic rings. The third-order valence-electron chi connectivity index (χ3n) is 6.05. The fraction of sp³-hybridized carbons (Fsp3) is 0.474. The van der Waals surface area contributed by atoms with Crippen molar-refractivity contribution < 1.29 is 19.6 Å². The van der Waals surface area contributed by atoms with Gasteiger partial charge in [0, 0.05) is 44.0 Å². The first-order valence-electron chi connectivity index (χ1n) is 9.15. The predicted molar refractivity (Wildman–Crippen MR) is 97.2 cm³/mol.